The molecular weight excluding hydrogens is 363 g/mol. The van der Waals surface area contributed by atoms with Crippen LogP contribution in [0.15, 0.2) is 48.5 Å². The van der Waals surface area contributed by atoms with Gasteiger partial charge in [-0.15, -0.1) is 10.2 Å². The summed E-state index contributed by atoms with van der Waals surface area (Å²) in [6.45, 7) is 0. The van der Waals surface area contributed by atoms with Crippen LogP contribution in [0.1, 0.15) is 10.6 Å². The van der Waals surface area contributed by atoms with Crippen molar-refractivity contribution >= 4 is 51.7 Å². The molecule has 0 fully saturated rings. The SMILES string of the molecule is Clc1ccc(-c2nnc3sc(C=Cc4ccccc4Cl)nn23)cc1. The quantitative estimate of drug-likeness (QED) is 0.488. The molecule has 0 saturated carbocycles. The van der Waals surface area contributed by atoms with E-state index in [4.69, 9.17) is 23.2 Å². The highest BCUT2D eigenvalue weighted by Crippen LogP contribution is 2.24. The monoisotopic (exact) mass is 372 g/mol. The van der Waals surface area contributed by atoms with Crippen molar-refractivity contribution in [3.8, 4) is 11.4 Å². The molecule has 0 bridgehead atoms. The van der Waals surface area contributed by atoms with Crippen molar-refractivity contribution in [3.63, 3.8) is 0 Å². The zero-order valence-corrected chi connectivity index (χ0v) is 14.6. The van der Waals surface area contributed by atoms with Crippen LogP contribution in [0.3, 0.4) is 0 Å². The second kappa shape index (κ2) is 6.36. The number of aromatic nitrogens is 4. The molecule has 2 aromatic heterocycles. The van der Waals surface area contributed by atoms with Crippen molar-refractivity contribution in [2.75, 3.05) is 0 Å². The van der Waals surface area contributed by atoms with Crippen LogP contribution in [-0.4, -0.2) is 19.8 Å². The lowest BCUT2D eigenvalue weighted by atomic mass is 10.2. The highest BCUT2D eigenvalue weighted by molar-refractivity contribution is 7.17. The standard InChI is InChI=1S/C17H10Cl2N4S/c18-13-8-5-12(6-9-13)16-20-21-17-23(16)22-15(24-17)10-7-11-3-1-2-4-14(11)19/h1-10H. The molecule has 0 N–H and O–H groups in total. The van der Waals surface area contributed by atoms with Gasteiger partial charge < -0.3 is 0 Å². The summed E-state index contributed by atoms with van der Waals surface area (Å²) in [4.78, 5) is 0.735. The third kappa shape index (κ3) is 2.94. The van der Waals surface area contributed by atoms with Crippen molar-refractivity contribution < 1.29 is 0 Å². The van der Waals surface area contributed by atoms with Gasteiger partial charge >= 0.3 is 0 Å². The number of hydrogen-bond acceptors (Lipinski definition) is 4. The summed E-state index contributed by atoms with van der Waals surface area (Å²) in [6, 6.07) is 15.1. The number of benzene rings is 2. The smallest absolute Gasteiger partial charge is 0.182 e. The summed E-state index contributed by atoms with van der Waals surface area (Å²) in [5.74, 6) is 0.690. The highest BCUT2D eigenvalue weighted by Gasteiger charge is 2.12. The number of nitrogens with zero attached hydrogens (tertiary/aromatic N) is 4. The second-order valence-corrected chi connectivity index (χ2v) is 6.85. The molecule has 4 aromatic rings. The lowest BCUT2D eigenvalue weighted by Gasteiger charge is -1.96. The molecule has 4 rings (SSSR count). The van der Waals surface area contributed by atoms with Gasteiger partial charge in [-0.25, -0.2) is 0 Å². The molecule has 0 radical (unpaired) electrons. The number of fused-ring (bicyclic) bond motifs is 1. The Bertz CT molecular complexity index is 1030. The van der Waals surface area contributed by atoms with Gasteiger partial charge in [0.15, 0.2) is 5.82 Å². The van der Waals surface area contributed by atoms with Crippen LogP contribution in [-0.2, 0) is 0 Å². The van der Waals surface area contributed by atoms with Crippen molar-refractivity contribution in [2.24, 2.45) is 0 Å². The largest absolute Gasteiger partial charge is 0.235 e. The molecule has 0 unspecified atom stereocenters. The van der Waals surface area contributed by atoms with Crippen LogP contribution >= 0.6 is 34.5 Å². The zero-order chi connectivity index (χ0) is 16.5. The maximum atomic E-state index is 6.16. The number of hydrogen-bond donors (Lipinski definition) is 0. The highest BCUT2D eigenvalue weighted by atomic mass is 35.5. The van der Waals surface area contributed by atoms with Crippen LogP contribution in [0.5, 0.6) is 0 Å². The maximum absolute atomic E-state index is 6.16. The van der Waals surface area contributed by atoms with Gasteiger partial charge in [-0.1, -0.05) is 58.8 Å². The van der Waals surface area contributed by atoms with Crippen LogP contribution < -0.4 is 0 Å². The summed E-state index contributed by atoms with van der Waals surface area (Å²) in [6.07, 6.45) is 3.86. The zero-order valence-electron chi connectivity index (χ0n) is 12.2. The topological polar surface area (TPSA) is 43.1 Å². The van der Waals surface area contributed by atoms with Crippen LogP contribution in [0.2, 0.25) is 10.0 Å². The summed E-state index contributed by atoms with van der Waals surface area (Å²) in [7, 11) is 0. The first-order valence-electron chi connectivity index (χ1n) is 7.11. The van der Waals surface area contributed by atoms with E-state index in [0.717, 1.165) is 21.1 Å². The average molecular weight is 373 g/mol. The molecule has 0 aliphatic carbocycles. The molecule has 4 nitrogen and oxygen atoms in total. The van der Waals surface area contributed by atoms with E-state index in [-0.39, 0.29) is 0 Å². The van der Waals surface area contributed by atoms with Gasteiger partial charge in [-0.2, -0.15) is 9.61 Å². The Morgan fingerprint density at radius 1 is 0.917 bits per heavy atom. The first-order chi connectivity index (χ1) is 11.7. The second-order valence-electron chi connectivity index (χ2n) is 5.02. The summed E-state index contributed by atoms with van der Waals surface area (Å²) in [5, 5.41) is 15.2. The minimum atomic E-state index is 0.682. The number of halogens is 2. The Morgan fingerprint density at radius 3 is 2.50 bits per heavy atom. The van der Waals surface area contributed by atoms with E-state index in [9.17, 15) is 0 Å². The fourth-order valence-corrected chi connectivity index (χ4v) is 3.32. The Hall–Kier alpha value is -2.21. The summed E-state index contributed by atoms with van der Waals surface area (Å²) < 4.78 is 1.74. The van der Waals surface area contributed by atoms with E-state index in [1.807, 2.05) is 60.7 Å². The molecule has 24 heavy (non-hydrogen) atoms. The van der Waals surface area contributed by atoms with E-state index in [1.54, 1.807) is 4.52 Å². The summed E-state index contributed by atoms with van der Waals surface area (Å²) in [5.41, 5.74) is 1.86. The molecule has 118 valence electrons. The molecule has 0 spiro atoms. The van der Waals surface area contributed by atoms with Gasteiger partial charge in [0.1, 0.15) is 5.01 Å². The lowest BCUT2D eigenvalue weighted by molar-refractivity contribution is 0.960. The minimum Gasteiger partial charge on any atom is -0.182 e. The third-order valence-electron chi connectivity index (χ3n) is 3.42. The molecule has 0 atom stereocenters. The molecule has 2 heterocycles. The van der Waals surface area contributed by atoms with E-state index in [1.165, 1.54) is 11.3 Å². The van der Waals surface area contributed by atoms with Gasteiger partial charge in [0.2, 0.25) is 4.96 Å². The molecule has 7 heteroatoms. The molecular formula is C17H10Cl2N4S. The fraction of sp³-hybridized carbons (Fsp3) is 0. The third-order valence-corrected chi connectivity index (χ3v) is 4.88. The Morgan fingerprint density at radius 2 is 1.71 bits per heavy atom. The van der Waals surface area contributed by atoms with Crippen molar-refractivity contribution in [3.05, 3.63) is 69.1 Å². The van der Waals surface area contributed by atoms with Crippen molar-refractivity contribution in [1.82, 2.24) is 19.8 Å². The summed E-state index contributed by atoms with van der Waals surface area (Å²) >= 11 is 13.6. The first kappa shape index (κ1) is 15.3. The molecule has 2 aromatic carbocycles. The fourth-order valence-electron chi connectivity index (χ4n) is 2.25. The van der Waals surface area contributed by atoms with E-state index in [0.29, 0.717) is 15.9 Å². The van der Waals surface area contributed by atoms with Gasteiger partial charge in [-0.05, 0) is 42.0 Å². The first-order valence-corrected chi connectivity index (χ1v) is 8.69. The predicted molar refractivity (Wildman–Crippen MR) is 99.5 cm³/mol. The van der Waals surface area contributed by atoms with Crippen LogP contribution in [0.4, 0.5) is 0 Å². The van der Waals surface area contributed by atoms with Crippen LogP contribution in [0.25, 0.3) is 28.5 Å². The van der Waals surface area contributed by atoms with E-state index < -0.39 is 0 Å². The van der Waals surface area contributed by atoms with E-state index >= 15 is 0 Å². The number of rotatable bonds is 3. The molecule has 0 aliphatic heterocycles. The van der Waals surface area contributed by atoms with Gasteiger partial charge in [0.25, 0.3) is 0 Å². The minimum absolute atomic E-state index is 0.682. The van der Waals surface area contributed by atoms with Gasteiger partial charge in [-0.3, -0.25) is 0 Å². The van der Waals surface area contributed by atoms with E-state index in [2.05, 4.69) is 15.3 Å². The Balaban J connectivity index is 1.69. The van der Waals surface area contributed by atoms with Gasteiger partial charge in [0, 0.05) is 15.6 Å². The Labute approximate surface area is 152 Å². The Kier molecular flexibility index (Phi) is 4.06. The predicted octanol–water partition coefficient (Wildman–Crippen LogP) is 5.33. The normalized spacial score (nSPS) is 11.6. The maximum Gasteiger partial charge on any atom is 0.235 e. The van der Waals surface area contributed by atoms with Crippen molar-refractivity contribution in [2.45, 2.75) is 0 Å². The molecule has 0 aliphatic rings. The average Bonchev–Trinajstić information content (AvgIpc) is 3.15. The van der Waals surface area contributed by atoms with Crippen LogP contribution in [0, 0.1) is 0 Å². The van der Waals surface area contributed by atoms with Crippen molar-refractivity contribution in [1.29, 1.82) is 0 Å². The molecule has 0 saturated heterocycles. The lowest BCUT2D eigenvalue weighted by Crippen LogP contribution is -1.90. The van der Waals surface area contributed by atoms with Gasteiger partial charge in [0.05, 0.1) is 0 Å². The molecule has 0 amide bonds.